The van der Waals surface area contributed by atoms with Crippen LogP contribution in [-0.4, -0.2) is 72.9 Å². The van der Waals surface area contributed by atoms with Gasteiger partial charge < -0.3 is 29.5 Å². The third kappa shape index (κ3) is 13.6. The largest absolute Gasteiger partial charge is 0.472 e. The molecule has 2 heterocycles. The van der Waals surface area contributed by atoms with E-state index in [1.54, 1.807) is 50.2 Å². The Labute approximate surface area is 307 Å². The first-order valence-electron chi connectivity index (χ1n) is 14.4. The highest BCUT2D eigenvalue weighted by Crippen LogP contribution is 2.23. The van der Waals surface area contributed by atoms with Crippen LogP contribution in [-0.2, 0) is 35.9 Å². The first-order chi connectivity index (χ1) is 23.5. The highest BCUT2D eigenvalue weighted by molar-refractivity contribution is 7.98. The smallest absolute Gasteiger partial charge is 0.345 e. The summed E-state index contributed by atoms with van der Waals surface area (Å²) in [5, 5.41) is 28.7. The molecule has 0 spiro atoms. The average Bonchev–Trinajstić information content (AvgIpc) is 3.11. The first kappa shape index (κ1) is 42.0. The Morgan fingerprint density at radius 1 is 0.714 bits per heavy atom. The molecule has 264 valence electrons. The van der Waals surface area contributed by atoms with Crippen molar-refractivity contribution < 1.29 is 39.1 Å². The number of nitrogens with zero attached hydrogens (tertiary/aromatic N) is 4. The predicted octanol–water partition coefficient (Wildman–Crippen LogP) is 6.45. The number of benzene rings is 2. The number of hydrogen-bond acceptors (Lipinski definition) is 14. The van der Waals surface area contributed by atoms with E-state index < -0.39 is 11.9 Å². The minimum Gasteiger partial charge on any atom is -0.472 e. The number of rotatable bonds is 12. The molecular weight excluding hydrogens is 739 g/mol. The predicted molar refractivity (Wildman–Crippen MR) is 190 cm³/mol. The van der Waals surface area contributed by atoms with Crippen LogP contribution in [0.2, 0.25) is 15.2 Å². The number of carbonyl (C=O) groups excluding carboxylic acids is 2. The highest BCUT2D eigenvalue weighted by atomic mass is 35.5. The van der Waals surface area contributed by atoms with Gasteiger partial charge in [-0.2, -0.15) is 4.98 Å². The van der Waals surface area contributed by atoms with Crippen LogP contribution in [0.15, 0.2) is 59.1 Å². The fourth-order valence-corrected chi connectivity index (χ4v) is 4.93. The van der Waals surface area contributed by atoms with Crippen LogP contribution in [0.5, 0.6) is 5.88 Å². The normalized spacial score (nSPS) is 10.2. The van der Waals surface area contributed by atoms with Gasteiger partial charge in [-0.25, -0.2) is 24.5 Å². The number of aliphatic hydroxyl groups excluding tert-OH is 3. The summed E-state index contributed by atoms with van der Waals surface area (Å²) in [6.07, 6.45) is 6.43. The quantitative estimate of drug-likeness (QED) is 0.0620. The maximum atomic E-state index is 12.0. The molecule has 0 aliphatic rings. The Balaban J connectivity index is 0.000000282. The number of esters is 2. The van der Waals surface area contributed by atoms with Crippen LogP contribution >= 0.6 is 58.3 Å². The molecule has 0 unspecified atom stereocenters. The zero-order valence-corrected chi connectivity index (χ0v) is 30.9. The number of aromatic nitrogens is 4. The molecule has 4 rings (SSSR count). The molecule has 12 nitrogen and oxygen atoms in total. The number of carbonyl (C=O) groups is 2. The van der Waals surface area contributed by atoms with Crippen molar-refractivity contribution in [3.63, 3.8) is 0 Å². The number of thioether (sulfide) groups is 2. The molecule has 0 aliphatic carbocycles. The van der Waals surface area contributed by atoms with E-state index in [1.807, 2.05) is 12.5 Å². The van der Waals surface area contributed by atoms with E-state index >= 15 is 0 Å². The second-order valence-electron chi connectivity index (χ2n) is 9.19. The van der Waals surface area contributed by atoms with E-state index in [1.165, 1.54) is 35.9 Å². The van der Waals surface area contributed by atoms with Gasteiger partial charge in [-0.3, -0.25) is 0 Å². The maximum absolute atomic E-state index is 12.0. The zero-order chi connectivity index (χ0) is 36.3. The molecule has 4 aromatic rings. The van der Waals surface area contributed by atoms with Crippen molar-refractivity contribution in [1.29, 1.82) is 0 Å². The Hall–Kier alpha value is -3.21. The lowest BCUT2D eigenvalue weighted by atomic mass is 10.1. The van der Waals surface area contributed by atoms with Crippen molar-refractivity contribution in [3.8, 4) is 5.88 Å². The molecular formula is C32H35Cl3N4O8S2. The summed E-state index contributed by atoms with van der Waals surface area (Å²) in [5.74, 6) is -0.867. The van der Waals surface area contributed by atoms with E-state index in [0.717, 1.165) is 11.1 Å². The van der Waals surface area contributed by atoms with Crippen LogP contribution in [0.4, 0.5) is 0 Å². The van der Waals surface area contributed by atoms with Gasteiger partial charge in [0.1, 0.15) is 22.9 Å². The monoisotopic (exact) mass is 772 g/mol. The van der Waals surface area contributed by atoms with Gasteiger partial charge in [0.25, 0.3) is 0 Å². The second-order valence-corrected chi connectivity index (χ2v) is 11.9. The number of hydrogen-bond donors (Lipinski definition) is 3. The zero-order valence-electron chi connectivity index (χ0n) is 27.0. The van der Waals surface area contributed by atoms with Gasteiger partial charge >= 0.3 is 11.9 Å². The third-order valence-corrected chi connectivity index (χ3v) is 8.06. The lowest BCUT2D eigenvalue weighted by Gasteiger charge is -2.11. The van der Waals surface area contributed by atoms with Gasteiger partial charge in [0.2, 0.25) is 5.88 Å². The summed E-state index contributed by atoms with van der Waals surface area (Å²) in [6.45, 7) is 3.96. The Bertz CT molecular complexity index is 1690. The third-order valence-electron chi connectivity index (χ3n) is 5.94. The molecule has 0 saturated carbocycles. The molecule has 0 bridgehead atoms. The lowest BCUT2D eigenvalue weighted by Crippen LogP contribution is -2.10. The van der Waals surface area contributed by atoms with Gasteiger partial charge in [-0.15, -0.1) is 0 Å². The second kappa shape index (κ2) is 22.5. The SMILES string of the molecule is CCOC(=O)c1cnc(SC)nc1Cl.CCOC(=O)c1cnc(SC)nc1OCc1ccc(CO)c(Cl)c1.OCc1ccc(CO)c(Cl)c1. The summed E-state index contributed by atoms with van der Waals surface area (Å²) >= 11 is 20.3. The van der Waals surface area contributed by atoms with Gasteiger partial charge in [-0.05, 0) is 60.7 Å². The minimum atomic E-state index is -0.534. The van der Waals surface area contributed by atoms with Crippen LogP contribution in [0.3, 0.4) is 0 Å². The number of halogens is 3. The summed E-state index contributed by atoms with van der Waals surface area (Å²) in [5.41, 5.74) is 3.24. The molecule has 0 atom stereocenters. The molecule has 0 aliphatic heterocycles. The van der Waals surface area contributed by atoms with Crippen LogP contribution in [0.1, 0.15) is 56.8 Å². The van der Waals surface area contributed by atoms with Crippen LogP contribution < -0.4 is 4.74 Å². The molecule has 17 heteroatoms. The average molecular weight is 774 g/mol. The topological polar surface area (TPSA) is 174 Å². The lowest BCUT2D eigenvalue weighted by molar-refractivity contribution is 0.0511. The standard InChI is InChI=1S/C16H17ClN2O4S.C8H9ClN2O2S.C8H9ClO2/c1-3-22-15(21)12-7-18-16(24-2)19-14(12)23-9-10-4-5-11(8-20)13(17)6-10;1-3-13-7(12)5-4-10-8(14-2)11-6(5)9;9-8-3-6(4-10)1-2-7(8)5-11/h4-7,20H,3,8-9H2,1-2H3;4H,3H2,1-2H3;1-3,10-11H,4-5H2. The van der Waals surface area contributed by atoms with E-state index in [2.05, 4.69) is 19.9 Å². The Morgan fingerprint density at radius 2 is 1.20 bits per heavy atom. The van der Waals surface area contributed by atoms with Crippen molar-refractivity contribution in [2.24, 2.45) is 0 Å². The van der Waals surface area contributed by atoms with Gasteiger partial charge in [0.05, 0.1) is 33.0 Å². The van der Waals surface area contributed by atoms with E-state index in [9.17, 15) is 9.59 Å². The molecule has 3 N–H and O–H groups in total. The van der Waals surface area contributed by atoms with Crippen molar-refractivity contribution in [1.82, 2.24) is 19.9 Å². The fourth-order valence-electron chi connectivity index (χ4n) is 3.48. The first-order valence-corrected chi connectivity index (χ1v) is 18.0. The Kier molecular flexibility index (Phi) is 19.3. The minimum absolute atomic E-state index is 0.0224. The van der Waals surface area contributed by atoms with Crippen LogP contribution in [0, 0.1) is 0 Å². The molecule has 0 fully saturated rings. The van der Waals surface area contributed by atoms with Crippen molar-refractivity contribution in [3.05, 3.63) is 97.4 Å². The molecule has 49 heavy (non-hydrogen) atoms. The molecule has 0 amide bonds. The highest BCUT2D eigenvalue weighted by Gasteiger charge is 2.18. The van der Waals surface area contributed by atoms with E-state index in [0.29, 0.717) is 38.1 Å². The van der Waals surface area contributed by atoms with Gasteiger partial charge in [-0.1, -0.05) is 82.6 Å². The molecule has 0 saturated heterocycles. The molecule has 2 aromatic carbocycles. The molecule has 2 aromatic heterocycles. The summed E-state index contributed by atoms with van der Waals surface area (Å²) in [6, 6.07) is 10.3. The summed E-state index contributed by atoms with van der Waals surface area (Å²) in [4.78, 5) is 39.4. The molecule has 0 radical (unpaired) electrons. The van der Waals surface area contributed by atoms with Crippen molar-refractivity contribution >= 4 is 70.3 Å². The number of aliphatic hydroxyl groups is 3. The van der Waals surface area contributed by atoms with Crippen molar-refractivity contribution in [2.45, 2.75) is 50.6 Å². The maximum Gasteiger partial charge on any atom is 0.345 e. The number of ether oxygens (including phenoxy) is 3. The van der Waals surface area contributed by atoms with Gasteiger partial charge in [0.15, 0.2) is 10.3 Å². The van der Waals surface area contributed by atoms with Gasteiger partial charge in [0, 0.05) is 22.4 Å². The fraction of sp³-hybridized carbons (Fsp3) is 0.312. The van der Waals surface area contributed by atoms with Crippen LogP contribution in [0.25, 0.3) is 0 Å². The van der Waals surface area contributed by atoms with E-state index in [-0.39, 0.29) is 55.2 Å². The summed E-state index contributed by atoms with van der Waals surface area (Å²) < 4.78 is 15.4. The Morgan fingerprint density at radius 3 is 1.67 bits per heavy atom. The summed E-state index contributed by atoms with van der Waals surface area (Å²) in [7, 11) is 0. The van der Waals surface area contributed by atoms with E-state index in [4.69, 9.17) is 64.3 Å². The van der Waals surface area contributed by atoms with Crippen molar-refractivity contribution in [2.75, 3.05) is 25.7 Å².